The van der Waals surface area contributed by atoms with E-state index in [1.807, 2.05) is 13.8 Å². The Morgan fingerprint density at radius 3 is 2.26 bits per heavy atom. The van der Waals surface area contributed by atoms with Crippen molar-refractivity contribution < 1.29 is 18.0 Å². The van der Waals surface area contributed by atoms with Crippen molar-refractivity contribution >= 4 is 5.91 Å². The summed E-state index contributed by atoms with van der Waals surface area (Å²) in [6.07, 6.45) is 0.122. The van der Waals surface area contributed by atoms with Crippen molar-refractivity contribution in [3.05, 3.63) is 0 Å². The van der Waals surface area contributed by atoms with Gasteiger partial charge >= 0.3 is 6.18 Å². The molecule has 0 atom stereocenters. The molecular weight excluding hydrogens is 257 g/mol. The molecule has 0 aliphatic carbocycles. The van der Waals surface area contributed by atoms with E-state index in [-0.39, 0.29) is 12.0 Å². The molecular formula is C13H25F3N2O. The molecule has 1 amide bonds. The van der Waals surface area contributed by atoms with Crippen LogP contribution in [-0.2, 0) is 4.79 Å². The maximum atomic E-state index is 11.9. The molecule has 0 unspecified atom stereocenters. The molecule has 0 spiro atoms. The molecule has 3 nitrogen and oxygen atoms in total. The third-order valence-electron chi connectivity index (χ3n) is 2.83. The minimum atomic E-state index is -4.28. The number of unbranched alkanes of at least 4 members (excludes halogenated alkanes) is 2. The van der Waals surface area contributed by atoms with Gasteiger partial charge in [-0.25, -0.2) is 0 Å². The molecule has 0 rings (SSSR count). The van der Waals surface area contributed by atoms with Crippen LogP contribution in [0.5, 0.6) is 0 Å². The second-order valence-corrected chi connectivity index (χ2v) is 5.62. The van der Waals surface area contributed by atoms with Crippen molar-refractivity contribution in [2.45, 2.75) is 52.6 Å². The summed E-state index contributed by atoms with van der Waals surface area (Å²) in [5, 5.41) is 4.74. The van der Waals surface area contributed by atoms with Gasteiger partial charge in [0.2, 0.25) is 5.91 Å². The summed E-state index contributed by atoms with van der Waals surface area (Å²) in [7, 11) is 0. The smallest absolute Gasteiger partial charge is 0.354 e. The largest absolute Gasteiger partial charge is 0.401 e. The first kappa shape index (κ1) is 18.2. The van der Waals surface area contributed by atoms with Crippen LogP contribution in [-0.4, -0.2) is 31.7 Å². The molecule has 0 heterocycles. The van der Waals surface area contributed by atoms with Gasteiger partial charge in [-0.15, -0.1) is 0 Å². The number of halogens is 3. The first-order chi connectivity index (χ1) is 8.66. The van der Waals surface area contributed by atoms with E-state index in [9.17, 15) is 18.0 Å². The van der Waals surface area contributed by atoms with E-state index in [1.54, 1.807) is 0 Å². The van der Waals surface area contributed by atoms with Crippen molar-refractivity contribution in [3.8, 4) is 0 Å². The molecule has 114 valence electrons. The van der Waals surface area contributed by atoms with Crippen molar-refractivity contribution in [1.82, 2.24) is 10.6 Å². The lowest BCUT2D eigenvalue weighted by molar-refractivity contribution is -0.128. The minimum Gasteiger partial charge on any atom is -0.354 e. The Bertz CT molecular complexity index is 265. The topological polar surface area (TPSA) is 41.1 Å². The van der Waals surface area contributed by atoms with E-state index < -0.39 is 18.6 Å². The highest BCUT2D eigenvalue weighted by molar-refractivity contribution is 5.78. The molecule has 0 saturated heterocycles. The maximum Gasteiger partial charge on any atom is 0.401 e. The third-order valence-corrected chi connectivity index (χ3v) is 2.83. The summed E-state index contributed by atoms with van der Waals surface area (Å²) in [6.45, 7) is 5.27. The zero-order valence-electron chi connectivity index (χ0n) is 12.0. The van der Waals surface area contributed by atoms with Crippen LogP contribution in [0.15, 0.2) is 0 Å². The van der Waals surface area contributed by atoms with Gasteiger partial charge in [0, 0.05) is 6.54 Å². The number of amides is 1. The molecule has 0 radical (unpaired) electrons. The van der Waals surface area contributed by atoms with Crippen LogP contribution in [0, 0.1) is 5.41 Å². The highest BCUT2D eigenvalue weighted by atomic mass is 19.4. The molecule has 0 aromatic rings. The van der Waals surface area contributed by atoms with Gasteiger partial charge < -0.3 is 10.6 Å². The Labute approximate surface area is 113 Å². The number of rotatable bonds is 9. The average Bonchev–Trinajstić information content (AvgIpc) is 2.25. The lowest BCUT2D eigenvalue weighted by Crippen LogP contribution is -2.41. The first-order valence-electron chi connectivity index (χ1n) is 6.70. The Morgan fingerprint density at radius 1 is 1.11 bits per heavy atom. The van der Waals surface area contributed by atoms with Crippen molar-refractivity contribution in [2.24, 2.45) is 5.41 Å². The van der Waals surface area contributed by atoms with E-state index in [2.05, 4.69) is 17.6 Å². The average molecular weight is 282 g/mol. The Hall–Kier alpha value is -0.780. The monoisotopic (exact) mass is 282 g/mol. The van der Waals surface area contributed by atoms with Gasteiger partial charge in [-0.2, -0.15) is 13.2 Å². The fourth-order valence-electron chi connectivity index (χ4n) is 1.66. The predicted molar refractivity (Wildman–Crippen MR) is 69.9 cm³/mol. The summed E-state index contributed by atoms with van der Waals surface area (Å²) < 4.78 is 35.6. The molecule has 0 aliphatic heterocycles. The van der Waals surface area contributed by atoms with Crippen LogP contribution in [0.4, 0.5) is 13.2 Å². The van der Waals surface area contributed by atoms with Crippen LogP contribution < -0.4 is 10.6 Å². The molecule has 6 heteroatoms. The van der Waals surface area contributed by atoms with Crippen molar-refractivity contribution in [2.75, 3.05) is 19.6 Å². The van der Waals surface area contributed by atoms with Crippen LogP contribution >= 0.6 is 0 Å². The van der Waals surface area contributed by atoms with Gasteiger partial charge in [-0.3, -0.25) is 4.79 Å². The van der Waals surface area contributed by atoms with Gasteiger partial charge in [0.25, 0.3) is 0 Å². The fraction of sp³-hybridized carbons (Fsp3) is 0.923. The predicted octanol–water partition coefficient (Wildman–Crippen LogP) is 2.86. The number of carbonyl (C=O) groups is 1. The van der Waals surface area contributed by atoms with E-state index in [0.29, 0.717) is 6.54 Å². The molecule has 0 fully saturated rings. The van der Waals surface area contributed by atoms with Gasteiger partial charge in [-0.1, -0.05) is 40.0 Å². The Balaban J connectivity index is 3.76. The van der Waals surface area contributed by atoms with Crippen molar-refractivity contribution in [1.29, 1.82) is 0 Å². The van der Waals surface area contributed by atoms with E-state index in [0.717, 1.165) is 25.7 Å². The highest BCUT2D eigenvalue weighted by Gasteiger charge is 2.26. The SMILES string of the molecule is CCCCCC(C)(C)CNC(=O)CNCC(F)(F)F. The van der Waals surface area contributed by atoms with Crippen LogP contribution in [0.3, 0.4) is 0 Å². The van der Waals surface area contributed by atoms with Crippen LogP contribution in [0.25, 0.3) is 0 Å². The lowest BCUT2D eigenvalue weighted by atomic mass is 9.87. The molecule has 0 bridgehead atoms. The number of hydrogen-bond acceptors (Lipinski definition) is 2. The summed E-state index contributed by atoms with van der Waals surface area (Å²) in [5.74, 6) is -0.396. The lowest BCUT2D eigenvalue weighted by Gasteiger charge is -2.25. The second kappa shape index (κ2) is 8.40. The molecule has 0 aliphatic rings. The minimum absolute atomic E-state index is 0.0190. The van der Waals surface area contributed by atoms with E-state index in [1.165, 1.54) is 0 Å². The van der Waals surface area contributed by atoms with Crippen LogP contribution in [0.1, 0.15) is 46.5 Å². The van der Waals surface area contributed by atoms with Gasteiger partial charge in [0.1, 0.15) is 0 Å². The van der Waals surface area contributed by atoms with Gasteiger partial charge in [0.05, 0.1) is 13.1 Å². The Morgan fingerprint density at radius 2 is 1.74 bits per heavy atom. The zero-order chi connectivity index (χ0) is 14.9. The summed E-state index contributed by atoms with van der Waals surface area (Å²) in [5.41, 5.74) is -0.0190. The first-order valence-corrected chi connectivity index (χ1v) is 6.70. The third kappa shape index (κ3) is 12.0. The number of alkyl halides is 3. The maximum absolute atomic E-state index is 11.9. The molecule has 19 heavy (non-hydrogen) atoms. The molecule has 0 aromatic heterocycles. The number of hydrogen-bond donors (Lipinski definition) is 2. The van der Waals surface area contributed by atoms with Gasteiger partial charge in [0.15, 0.2) is 0 Å². The summed E-state index contributed by atoms with van der Waals surface area (Å²) in [4.78, 5) is 11.4. The van der Waals surface area contributed by atoms with E-state index >= 15 is 0 Å². The normalized spacial score (nSPS) is 12.5. The second-order valence-electron chi connectivity index (χ2n) is 5.62. The zero-order valence-corrected chi connectivity index (χ0v) is 12.0. The molecule has 0 saturated carbocycles. The highest BCUT2D eigenvalue weighted by Crippen LogP contribution is 2.22. The number of carbonyl (C=O) groups excluding carboxylic acids is 1. The van der Waals surface area contributed by atoms with Crippen LogP contribution in [0.2, 0.25) is 0 Å². The van der Waals surface area contributed by atoms with E-state index in [4.69, 9.17) is 0 Å². The molecule has 2 N–H and O–H groups in total. The summed E-state index contributed by atoms with van der Waals surface area (Å²) >= 11 is 0. The van der Waals surface area contributed by atoms with Gasteiger partial charge in [-0.05, 0) is 11.8 Å². The fourth-order valence-corrected chi connectivity index (χ4v) is 1.66. The standard InChI is InChI=1S/C13H25F3N2O/c1-4-5-6-7-12(2,3)9-18-11(19)8-17-10-13(14,15)16/h17H,4-10H2,1-3H3,(H,18,19). The molecule has 0 aromatic carbocycles. The summed E-state index contributed by atoms with van der Waals surface area (Å²) in [6, 6.07) is 0. The number of nitrogens with one attached hydrogen (secondary N) is 2. The Kier molecular flexibility index (Phi) is 8.06. The van der Waals surface area contributed by atoms with Crippen molar-refractivity contribution in [3.63, 3.8) is 0 Å². The quantitative estimate of drug-likeness (QED) is 0.638.